The van der Waals surface area contributed by atoms with Crippen LogP contribution in [0.5, 0.6) is 0 Å². The van der Waals surface area contributed by atoms with Gasteiger partial charge >= 0.3 is 5.97 Å². The molecule has 3 heterocycles. The lowest BCUT2D eigenvalue weighted by Gasteiger charge is -2.39. The monoisotopic (exact) mass is 386 g/mol. The molecule has 1 fully saturated rings. The molecule has 4 nitrogen and oxygen atoms in total. The Labute approximate surface area is 161 Å². The van der Waals surface area contributed by atoms with Gasteiger partial charge in [-0.15, -0.1) is 11.3 Å². The lowest BCUT2D eigenvalue weighted by Crippen LogP contribution is -2.46. The van der Waals surface area contributed by atoms with E-state index in [9.17, 15) is 9.90 Å². The van der Waals surface area contributed by atoms with Crippen LogP contribution >= 0.6 is 22.9 Å². The third-order valence-corrected chi connectivity index (χ3v) is 6.29. The number of benzene rings is 1. The molecule has 0 spiro atoms. The van der Waals surface area contributed by atoms with Crippen molar-refractivity contribution in [2.24, 2.45) is 0 Å². The van der Waals surface area contributed by atoms with Crippen LogP contribution in [0.3, 0.4) is 0 Å². The largest absolute Gasteiger partial charge is 0.480 e. The number of thiophene rings is 1. The van der Waals surface area contributed by atoms with Crippen LogP contribution in [0.15, 0.2) is 48.7 Å². The van der Waals surface area contributed by atoms with Gasteiger partial charge in [0.2, 0.25) is 0 Å². The van der Waals surface area contributed by atoms with E-state index < -0.39 is 12.0 Å². The molecule has 2 atom stereocenters. The third-order valence-electron chi connectivity index (χ3n) is 5.00. The number of carboxylic acid groups (broad SMARTS) is 1. The summed E-state index contributed by atoms with van der Waals surface area (Å²) in [4.78, 5) is 19.6. The van der Waals surface area contributed by atoms with E-state index in [-0.39, 0.29) is 6.04 Å². The molecular weight excluding hydrogens is 368 g/mol. The molecule has 0 aliphatic carbocycles. The average molecular weight is 387 g/mol. The van der Waals surface area contributed by atoms with Crippen LogP contribution < -0.4 is 0 Å². The number of pyridine rings is 1. The molecule has 6 heteroatoms. The molecule has 134 valence electrons. The van der Waals surface area contributed by atoms with Gasteiger partial charge in [-0.05, 0) is 49.2 Å². The summed E-state index contributed by atoms with van der Waals surface area (Å²) in [5.74, 6) is -0.754. The van der Waals surface area contributed by atoms with E-state index in [1.807, 2.05) is 36.4 Å². The molecule has 1 aliphatic rings. The molecule has 1 aromatic carbocycles. The summed E-state index contributed by atoms with van der Waals surface area (Å²) in [5, 5.41) is 10.8. The van der Waals surface area contributed by atoms with Crippen molar-refractivity contribution in [3.63, 3.8) is 0 Å². The molecule has 0 saturated carbocycles. The fourth-order valence-electron chi connectivity index (χ4n) is 3.86. The van der Waals surface area contributed by atoms with E-state index in [2.05, 4.69) is 16.0 Å². The Kier molecular flexibility index (Phi) is 4.94. The number of aromatic nitrogens is 1. The van der Waals surface area contributed by atoms with Crippen molar-refractivity contribution in [1.82, 2.24) is 9.88 Å². The maximum Gasteiger partial charge on any atom is 0.320 e. The van der Waals surface area contributed by atoms with Crippen molar-refractivity contribution in [3.05, 3.63) is 63.4 Å². The molecule has 1 saturated heterocycles. The van der Waals surface area contributed by atoms with Crippen molar-refractivity contribution >= 4 is 39.8 Å². The minimum atomic E-state index is -0.754. The number of fused-ring (bicyclic) bond motifs is 1. The van der Waals surface area contributed by atoms with Gasteiger partial charge in [0.1, 0.15) is 6.04 Å². The van der Waals surface area contributed by atoms with E-state index in [1.54, 1.807) is 6.20 Å². The van der Waals surface area contributed by atoms with Crippen molar-refractivity contribution < 1.29 is 9.90 Å². The highest BCUT2D eigenvalue weighted by atomic mass is 35.5. The topological polar surface area (TPSA) is 53.4 Å². The van der Waals surface area contributed by atoms with Crippen molar-refractivity contribution in [2.45, 2.75) is 31.3 Å². The SMILES string of the molecule is O=C(O)C1CCCCN1C(c1ccc(Cl)s1)c1ccnc2ccccc12. The summed E-state index contributed by atoms with van der Waals surface area (Å²) >= 11 is 7.74. The van der Waals surface area contributed by atoms with Crippen molar-refractivity contribution in [2.75, 3.05) is 6.54 Å². The Morgan fingerprint density at radius 1 is 1.23 bits per heavy atom. The Bertz CT molecular complexity index is 937. The van der Waals surface area contributed by atoms with Gasteiger partial charge in [-0.2, -0.15) is 0 Å². The van der Waals surface area contributed by atoms with Crippen LogP contribution in [-0.2, 0) is 4.79 Å². The molecule has 1 aliphatic heterocycles. The zero-order valence-corrected chi connectivity index (χ0v) is 15.7. The first-order chi connectivity index (χ1) is 12.6. The lowest BCUT2D eigenvalue weighted by atomic mass is 9.93. The van der Waals surface area contributed by atoms with E-state index >= 15 is 0 Å². The molecule has 0 bridgehead atoms. The average Bonchev–Trinajstić information content (AvgIpc) is 3.08. The van der Waals surface area contributed by atoms with Crippen LogP contribution in [0.1, 0.15) is 35.7 Å². The van der Waals surface area contributed by atoms with Gasteiger partial charge in [0.25, 0.3) is 0 Å². The summed E-state index contributed by atoms with van der Waals surface area (Å²) < 4.78 is 0.715. The summed E-state index contributed by atoms with van der Waals surface area (Å²) in [7, 11) is 0. The molecule has 26 heavy (non-hydrogen) atoms. The number of hydrogen-bond acceptors (Lipinski definition) is 4. The highest BCUT2D eigenvalue weighted by Crippen LogP contribution is 2.40. The van der Waals surface area contributed by atoms with Gasteiger partial charge < -0.3 is 5.11 Å². The van der Waals surface area contributed by atoms with E-state index in [1.165, 1.54) is 11.3 Å². The van der Waals surface area contributed by atoms with E-state index in [4.69, 9.17) is 11.6 Å². The first-order valence-electron chi connectivity index (χ1n) is 8.72. The number of carbonyl (C=O) groups is 1. The number of nitrogens with zero attached hydrogens (tertiary/aromatic N) is 2. The Balaban J connectivity index is 1.89. The first-order valence-corrected chi connectivity index (χ1v) is 9.92. The number of likely N-dealkylation sites (tertiary alicyclic amines) is 1. The second kappa shape index (κ2) is 7.35. The number of rotatable bonds is 4. The standard InChI is InChI=1S/C20H19ClN2O2S/c21-18-9-8-17(26-18)19(23-12-4-3-7-16(23)20(24)25)14-10-11-22-15-6-2-1-5-13(14)15/h1-2,5-6,8-11,16,19H,3-4,7,12H2,(H,24,25). The number of piperidine rings is 1. The fourth-order valence-corrected chi connectivity index (χ4v) is 5.06. The molecular formula is C20H19ClN2O2S. The molecule has 0 amide bonds. The van der Waals surface area contributed by atoms with E-state index in [0.717, 1.165) is 40.7 Å². The van der Waals surface area contributed by atoms with Crippen LogP contribution in [-0.4, -0.2) is 33.5 Å². The van der Waals surface area contributed by atoms with Gasteiger partial charge in [-0.3, -0.25) is 14.7 Å². The first kappa shape index (κ1) is 17.5. The van der Waals surface area contributed by atoms with Crippen molar-refractivity contribution in [1.29, 1.82) is 0 Å². The number of carboxylic acids is 1. The van der Waals surface area contributed by atoms with Gasteiger partial charge in [0, 0.05) is 16.5 Å². The predicted octanol–water partition coefficient (Wildman–Crippen LogP) is 4.98. The molecule has 1 N–H and O–H groups in total. The van der Waals surface area contributed by atoms with Crippen LogP contribution in [0.2, 0.25) is 4.34 Å². The predicted molar refractivity (Wildman–Crippen MR) is 105 cm³/mol. The summed E-state index contributed by atoms with van der Waals surface area (Å²) in [6.45, 7) is 0.758. The number of hydrogen-bond donors (Lipinski definition) is 1. The molecule has 2 unspecified atom stereocenters. The van der Waals surface area contributed by atoms with E-state index in [0.29, 0.717) is 10.8 Å². The van der Waals surface area contributed by atoms with Gasteiger partial charge in [0.15, 0.2) is 0 Å². The Hall–Kier alpha value is -1.95. The third kappa shape index (κ3) is 3.22. The molecule has 3 aromatic rings. The normalized spacial score (nSPS) is 19.5. The van der Waals surface area contributed by atoms with Gasteiger partial charge in [-0.25, -0.2) is 0 Å². The second-order valence-corrected chi connectivity index (χ2v) is 8.30. The van der Waals surface area contributed by atoms with Crippen LogP contribution in [0.25, 0.3) is 10.9 Å². The number of aliphatic carboxylic acids is 1. The zero-order chi connectivity index (χ0) is 18.1. The summed E-state index contributed by atoms with van der Waals surface area (Å²) in [6.07, 6.45) is 4.43. The molecule has 4 rings (SSSR count). The van der Waals surface area contributed by atoms with Crippen molar-refractivity contribution in [3.8, 4) is 0 Å². The fraction of sp³-hybridized carbons (Fsp3) is 0.300. The second-order valence-electron chi connectivity index (χ2n) is 6.55. The minimum Gasteiger partial charge on any atom is -0.480 e. The number of para-hydroxylation sites is 1. The smallest absolute Gasteiger partial charge is 0.320 e. The maximum atomic E-state index is 11.9. The van der Waals surface area contributed by atoms with Gasteiger partial charge in [0.05, 0.1) is 15.9 Å². The van der Waals surface area contributed by atoms with Crippen LogP contribution in [0.4, 0.5) is 0 Å². The number of halogens is 1. The highest BCUT2D eigenvalue weighted by molar-refractivity contribution is 7.16. The maximum absolute atomic E-state index is 11.9. The van der Waals surface area contributed by atoms with Gasteiger partial charge in [-0.1, -0.05) is 36.2 Å². The highest BCUT2D eigenvalue weighted by Gasteiger charge is 2.36. The minimum absolute atomic E-state index is 0.137. The molecule has 2 aromatic heterocycles. The molecule has 0 radical (unpaired) electrons. The Morgan fingerprint density at radius 3 is 2.85 bits per heavy atom. The van der Waals surface area contributed by atoms with Crippen LogP contribution in [0, 0.1) is 0 Å². The quantitative estimate of drug-likeness (QED) is 0.687. The summed E-state index contributed by atoms with van der Waals surface area (Å²) in [6, 6.07) is 13.3. The Morgan fingerprint density at radius 2 is 2.08 bits per heavy atom. The summed E-state index contributed by atoms with van der Waals surface area (Å²) in [5.41, 5.74) is 2.00. The zero-order valence-electron chi connectivity index (χ0n) is 14.1. The lowest BCUT2D eigenvalue weighted by molar-refractivity contribution is -0.145.